The van der Waals surface area contributed by atoms with Gasteiger partial charge in [-0.3, -0.25) is 4.79 Å². The Morgan fingerprint density at radius 2 is 1.78 bits per heavy atom. The summed E-state index contributed by atoms with van der Waals surface area (Å²) in [6.07, 6.45) is 0. The smallest absolute Gasteiger partial charge is 0.274 e. The Labute approximate surface area is 158 Å². The lowest BCUT2D eigenvalue weighted by Crippen LogP contribution is -2.17. The van der Waals surface area contributed by atoms with Gasteiger partial charge in [-0.15, -0.1) is 0 Å². The van der Waals surface area contributed by atoms with E-state index < -0.39 is 0 Å². The van der Waals surface area contributed by atoms with Crippen molar-refractivity contribution < 1.29 is 14.3 Å². The van der Waals surface area contributed by atoms with Gasteiger partial charge in [0.05, 0.1) is 31.3 Å². The fraction of sp³-hybridized carbons (Fsp3) is 0.238. The number of amides is 1. The van der Waals surface area contributed by atoms with Gasteiger partial charge in [-0.2, -0.15) is 5.10 Å². The van der Waals surface area contributed by atoms with Crippen LogP contribution in [0.15, 0.2) is 54.6 Å². The first-order chi connectivity index (χ1) is 13.0. The van der Waals surface area contributed by atoms with Gasteiger partial charge < -0.3 is 14.8 Å². The SMILES string of the molecule is COc1ccc(NC(=O)c2cc(C(C)C)nn2-c2ccccc2)c(OC)c1. The third kappa shape index (κ3) is 3.95. The molecule has 140 valence electrons. The molecule has 2 aromatic carbocycles. The summed E-state index contributed by atoms with van der Waals surface area (Å²) in [5, 5.41) is 7.53. The minimum atomic E-state index is -0.262. The second-order valence-corrected chi connectivity index (χ2v) is 6.38. The molecule has 3 aromatic rings. The zero-order chi connectivity index (χ0) is 19.4. The van der Waals surface area contributed by atoms with E-state index in [1.54, 1.807) is 37.1 Å². The molecule has 1 amide bonds. The summed E-state index contributed by atoms with van der Waals surface area (Å²) in [5.41, 5.74) is 2.71. The number of ether oxygens (including phenoxy) is 2. The van der Waals surface area contributed by atoms with E-state index in [0.717, 1.165) is 11.4 Å². The van der Waals surface area contributed by atoms with Gasteiger partial charge in [0.2, 0.25) is 0 Å². The zero-order valence-corrected chi connectivity index (χ0v) is 15.9. The van der Waals surface area contributed by atoms with E-state index in [1.807, 2.05) is 50.2 Å². The maximum atomic E-state index is 13.0. The topological polar surface area (TPSA) is 65.4 Å². The maximum absolute atomic E-state index is 13.0. The number of hydrogen-bond donors (Lipinski definition) is 1. The molecule has 0 bridgehead atoms. The van der Waals surface area contributed by atoms with Gasteiger partial charge in [-0.05, 0) is 36.2 Å². The summed E-state index contributed by atoms with van der Waals surface area (Å²) in [7, 11) is 3.13. The Balaban J connectivity index is 1.97. The second-order valence-electron chi connectivity index (χ2n) is 6.38. The normalized spacial score (nSPS) is 10.7. The summed E-state index contributed by atoms with van der Waals surface area (Å²) in [6.45, 7) is 4.09. The van der Waals surface area contributed by atoms with Crippen molar-refractivity contribution in [3.05, 3.63) is 66.0 Å². The number of methoxy groups -OCH3 is 2. The van der Waals surface area contributed by atoms with Gasteiger partial charge in [0, 0.05) is 6.07 Å². The first-order valence-electron chi connectivity index (χ1n) is 8.72. The summed E-state index contributed by atoms with van der Waals surface area (Å²) in [6, 6.07) is 16.7. The molecule has 0 atom stereocenters. The van der Waals surface area contributed by atoms with E-state index in [9.17, 15) is 4.79 Å². The molecule has 0 aliphatic rings. The summed E-state index contributed by atoms with van der Waals surface area (Å²) in [5.74, 6) is 1.12. The molecule has 1 N–H and O–H groups in total. The predicted molar refractivity (Wildman–Crippen MR) is 105 cm³/mol. The second kappa shape index (κ2) is 7.95. The summed E-state index contributed by atoms with van der Waals surface area (Å²) in [4.78, 5) is 13.0. The molecular weight excluding hydrogens is 342 g/mol. The maximum Gasteiger partial charge on any atom is 0.274 e. The van der Waals surface area contributed by atoms with Crippen LogP contribution in [0.3, 0.4) is 0 Å². The minimum absolute atomic E-state index is 0.206. The number of nitrogens with zero attached hydrogens (tertiary/aromatic N) is 2. The Bertz CT molecular complexity index is 933. The largest absolute Gasteiger partial charge is 0.497 e. The van der Waals surface area contributed by atoms with Gasteiger partial charge in [0.25, 0.3) is 5.91 Å². The van der Waals surface area contributed by atoms with Gasteiger partial charge in [-0.1, -0.05) is 32.0 Å². The van der Waals surface area contributed by atoms with Crippen LogP contribution in [-0.4, -0.2) is 29.9 Å². The van der Waals surface area contributed by atoms with Crippen LogP contribution in [0, 0.1) is 0 Å². The molecule has 1 aromatic heterocycles. The number of aromatic nitrogens is 2. The average Bonchev–Trinajstić information content (AvgIpc) is 3.15. The quantitative estimate of drug-likeness (QED) is 0.709. The number of carbonyl (C=O) groups excluding carboxylic acids is 1. The standard InChI is InChI=1S/C21H23N3O3/c1-14(2)18-13-19(24(23-18)15-8-6-5-7-9-15)21(25)22-17-11-10-16(26-3)12-20(17)27-4/h5-14H,1-4H3,(H,22,25). The van der Waals surface area contributed by atoms with E-state index in [1.165, 1.54) is 0 Å². The summed E-state index contributed by atoms with van der Waals surface area (Å²) >= 11 is 0. The average molecular weight is 365 g/mol. The number of hydrogen-bond acceptors (Lipinski definition) is 4. The fourth-order valence-electron chi connectivity index (χ4n) is 2.70. The van der Waals surface area contributed by atoms with Crippen molar-refractivity contribution in [1.29, 1.82) is 0 Å². The molecule has 0 saturated heterocycles. The van der Waals surface area contributed by atoms with Crippen LogP contribution in [0.1, 0.15) is 35.9 Å². The predicted octanol–water partition coefficient (Wildman–Crippen LogP) is 4.27. The molecule has 3 rings (SSSR count). The highest BCUT2D eigenvalue weighted by Gasteiger charge is 2.19. The highest BCUT2D eigenvalue weighted by atomic mass is 16.5. The highest BCUT2D eigenvalue weighted by molar-refractivity contribution is 6.04. The highest BCUT2D eigenvalue weighted by Crippen LogP contribution is 2.30. The number of anilines is 1. The van der Waals surface area contributed by atoms with Crippen molar-refractivity contribution in [2.75, 3.05) is 19.5 Å². The Kier molecular flexibility index (Phi) is 5.45. The number of rotatable bonds is 6. The molecule has 27 heavy (non-hydrogen) atoms. The third-order valence-corrected chi connectivity index (χ3v) is 4.21. The van der Waals surface area contributed by atoms with Crippen LogP contribution in [0.5, 0.6) is 11.5 Å². The fourth-order valence-corrected chi connectivity index (χ4v) is 2.70. The van der Waals surface area contributed by atoms with Crippen LogP contribution in [0.4, 0.5) is 5.69 Å². The molecule has 0 radical (unpaired) electrons. The van der Waals surface area contributed by atoms with E-state index in [4.69, 9.17) is 9.47 Å². The van der Waals surface area contributed by atoms with E-state index in [0.29, 0.717) is 22.9 Å². The van der Waals surface area contributed by atoms with Crippen molar-refractivity contribution in [3.8, 4) is 17.2 Å². The van der Waals surface area contributed by atoms with Crippen molar-refractivity contribution in [3.63, 3.8) is 0 Å². The molecule has 6 heteroatoms. The van der Waals surface area contributed by atoms with Gasteiger partial charge in [0.15, 0.2) is 0 Å². The van der Waals surface area contributed by atoms with Crippen LogP contribution in [-0.2, 0) is 0 Å². The lowest BCUT2D eigenvalue weighted by molar-refractivity contribution is 0.101. The molecule has 6 nitrogen and oxygen atoms in total. The van der Waals surface area contributed by atoms with E-state index in [-0.39, 0.29) is 11.8 Å². The zero-order valence-electron chi connectivity index (χ0n) is 15.9. The molecule has 0 aliphatic carbocycles. The first-order valence-corrected chi connectivity index (χ1v) is 8.72. The molecule has 0 saturated carbocycles. The lowest BCUT2D eigenvalue weighted by atomic mass is 10.1. The van der Waals surface area contributed by atoms with Crippen molar-refractivity contribution >= 4 is 11.6 Å². The molecule has 0 unspecified atom stereocenters. The molecule has 1 heterocycles. The Morgan fingerprint density at radius 1 is 1.04 bits per heavy atom. The number of para-hydroxylation sites is 1. The van der Waals surface area contributed by atoms with Crippen molar-refractivity contribution in [2.24, 2.45) is 0 Å². The van der Waals surface area contributed by atoms with Crippen LogP contribution >= 0.6 is 0 Å². The Morgan fingerprint density at radius 3 is 2.41 bits per heavy atom. The number of carbonyl (C=O) groups is 1. The minimum Gasteiger partial charge on any atom is -0.497 e. The van der Waals surface area contributed by atoms with Gasteiger partial charge >= 0.3 is 0 Å². The third-order valence-electron chi connectivity index (χ3n) is 4.21. The summed E-state index contributed by atoms with van der Waals surface area (Å²) < 4.78 is 12.2. The van der Waals surface area contributed by atoms with Crippen LogP contribution in [0.2, 0.25) is 0 Å². The Hall–Kier alpha value is -3.28. The van der Waals surface area contributed by atoms with Gasteiger partial charge in [-0.25, -0.2) is 4.68 Å². The van der Waals surface area contributed by atoms with E-state index >= 15 is 0 Å². The monoisotopic (exact) mass is 365 g/mol. The van der Waals surface area contributed by atoms with Crippen molar-refractivity contribution in [1.82, 2.24) is 9.78 Å². The van der Waals surface area contributed by atoms with Crippen LogP contribution < -0.4 is 14.8 Å². The molecule has 0 aliphatic heterocycles. The number of benzene rings is 2. The number of nitrogens with one attached hydrogen (secondary N) is 1. The van der Waals surface area contributed by atoms with Crippen LogP contribution in [0.25, 0.3) is 5.69 Å². The van der Waals surface area contributed by atoms with Gasteiger partial charge in [0.1, 0.15) is 17.2 Å². The molecule has 0 fully saturated rings. The van der Waals surface area contributed by atoms with E-state index in [2.05, 4.69) is 10.4 Å². The molecule has 0 spiro atoms. The lowest BCUT2D eigenvalue weighted by Gasteiger charge is -2.12. The first kappa shape index (κ1) is 18.5. The van der Waals surface area contributed by atoms with Crippen molar-refractivity contribution in [2.45, 2.75) is 19.8 Å². The molecular formula is C21H23N3O3.